The number of halogens is 3. The van der Waals surface area contributed by atoms with E-state index in [1.54, 1.807) is 24.3 Å². The first-order chi connectivity index (χ1) is 10.5. The van der Waals surface area contributed by atoms with Crippen molar-refractivity contribution >= 4 is 27.5 Å². The lowest BCUT2D eigenvalue weighted by Gasteiger charge is -2.12. The standard InChI is InChI=1S/C15H12BrF2NO3/c1-21-12-7-6-9(8-13(12)22-15(17)18)19-14(20)10-4-2-3-5-11(10)16/h2-8,15H,1H3,(H,19,20). The average Bonchev–Trinajstić information content (AvgIpc) is 2.47. The zero-order valence-corrected chi connectivity index (χ0v) is 13.1. The van der Waals surface area contributed by atoms with Crippen LogP contribution in [0, 0.1) is 0 Å². The van der Waals surface area contributed by atoms with Crippen LogP contribution in [0.4, 0.5) is 14.5 Å². The largest absolute Gasteiger partial charge is 0.493 e. The van der Waals surface area contributed by atoms with E-state index in [1.807, 2.05) is 0 Å². The van der Waals surface area contributed by atoms with Gasteiger partial charge in [-0.1, -0.05) is 12.1 Å². The van der Waals surface area contributed by atoms with Crippen molar-refractivity contribution in [2.75, 3.05) is 12.4 Å². The maximum atomic E-state index is 12.4. The Morgan fingerprint density at radius 2 is 1.91 bits per heavy atom. The van der Waals surface area contributed by atoms with Crippen LogP contribution in [0.25, 0.3) is 0 Å². The molecule has 0 spiro atoms. The molecule has 0 fully saturated rings. The molecule has 0 atom stereocenters. The van der Waals surface area contributed by atoms with Crippen LogP contribution in [0.2, 0.25) is 0 Å². The molecule has 1 N–H and O–H groups in total. The van der Waals surface area contributed by atoms with Crippen molar-refractivity contribution in [1.82, 2.24) is 0 Å². The molecule has 2 aromatic carbocycles. The number of benzene rings is 2. The number of carbonyl (C=O) groups excluding carboxylic acids is 1. The van der Waals surface area contributed by atoms with Crippen molar-refractivity contribution in [2.45, 2.75) is 6.61 Å². The Balaban J connectivity index is 2.23. The van der Waals surface area contributed by atoms with Gasteiger partial charge in [-0.15, -0.1) is 0 Å². The van der Waals surface area contributed by atoms with Gasteiger partial charge in [-0.05, 0) is 40.2 Å². The Hall–Kier alpha value is -2.15. The Morgan fingerprint density at radius 3 is 2.55 bits per heavy atom. The summed E-state index contributed by atoms with van der Waals surface area (Å²) in [4.78, 5) is 12.2. The maximum absolute atomic E-state index is 12.4. The molecule has 116 valence electrons. The lowest BCUT2D eigenvalue weighted by molar-refractivity contribution is -0.0511. The minimum atomic E-state index is -2.98. The lowest BCUT2D eigenvalue weighted by Crippen LogP contribution is -2.13. The normalized spacial score (nSPS) is 10.4. The van der Waals surface area contributed by atoms with E-state index in [4.69, 9.17) is 4.74 Å². The van der Waals surface area contributed by atoms with Gasteiger partial charge < -0.3 is 14.8 Å². The second-order valence-corrected chi connectivity index (χ2v) is 5.03. The quantitative estimate of drug-likeness (QED) is 0.851. The van der Waals surface area contributed by atoms with Gasteiger partial charge in [0.05, 0.1) is 12.7 Å². The summed E-state index contributed by atoms with van der Waals surface area (Å²) in [6.07, 6.45) is 0. The van der Waals surface area contributed by atoms with Crippen LogP contribution in [0.3, 0.4) is 0 Å². The molecule has 0 aliphatic heterocycles. The molecule has 1 amide bonds. The van der Waals surface area contributed by atoms with E-state index in [1.165, 1.54) is 25.3 Å². The summed E-state index contributed by atoms with van der Waals surface area (Å²) in [6.45, 7) is -2.98. The number of carbonyl (C=O) groups is 1. The van der Waals surface area contributed by atoms with Crippen molar-refractivity contribution in [3.05, 3.63) is 52.5 Å². The number of amides is 1. The first-order valence-electron chi connectivity index (χ1n) is 6.20. The highest BCUT2D eigenvalue weighted by molar-refractivity contribution is 9.10. The Bertz CT molecular complexity index is 680. The molecule has 0 saturated heterocycles. The number of rotatable bonds is 5. The Labute approximate surface area is 134 Å². The molecule has 0 bridgehead atoms. The predicted molar refractivity (Wildman–Crippen MR) is 81.7 cm³/mol. The van der Waals surface area contributed by atoms with Gasteiger partial charge in [0.25, 0.3) is 5.91 Å². The molecular formula is C15H12BrF2NO3. The van der Waals surface area contributed by atoms with Gasteiger partial charge in [0.1, 0.15) is 0 Å². The van der Waals surface area contributed by atoms with E-state index < -0.39 is 6.61 Å². The number of methoxy groups -OCH3 is 1. The topological polar surface area (TPSA) is 47.6 Å². The number of anilines is 1. The fourth-order valence-electron chi connectivity index (χ4n) is 1.79. The van der Waals surface area contributed by atoms with E-state index in [2.05, 4.69) is 26.0 Å². The highest BCUT2D eigenvalue weighted by atomic mass is 79.9. The van der Waals surface area contributed by atoms with Crippen molar-refractivity contribution in [3.8, 4) is 11.5 Å². The minimum absolute atomic E-state index is 0.151. The number of hydrogen-bond acceptors (Lipinski definition) is 3. The second kappa shape index (κ2) is 7.22. The Kier molecular flexibility index (Phi) is 5.32. The van der Waals surface area contributed by atoms with Crippen molar-refractivity contribution in [3.63, 3.8) is 0 Å². The molecule has 2 aromatic rings. The molecule has 0 aromatic heterocycles. The molecular weight excluding hydrogens is 360 g/mol. The van der Waals surface area contributed by atoms with Gasteiger partial charge in [-0.25, -0.2) is 0 Å². The van der Waals surface area contributed by atoms with Crippen molar-refractivity contribution < 1.29 is 23.0 Å². The van der Waals surface area contributed by atoms with E-state index in [0.29, 0.717) is 15.7 Å². The third-order valence-corrected chi connectivity index (χ3v) is 3.45. The second-order valence-electron chi connectivity index (χ2n) is 4.18. The summed E-state index contributed by atoms with van der Waals surface area (Å²) < 4.78 is 34.7. The number of nitrogens with one attached hydrogen (secondary N) is 1. The zero-order valence-electron chi connectivity index (χ0n) is 11.5. The van der Waals surface area contributed by atoms with E-state index in [9.17, 15) is 13.6 Å². The summed E-state index contributed by atoms with van der Waals surface area (Å²) in [5.74, 6) is -0.373. The van der Waals surface area contributed by atoms with Crippen LogP contribution in [0.5, 0.6) is 11.5 Å². The summed E-state index contributed by atoms with van der Waals surface area (Å²) in [5.41, 5.74) is 0.742. The monoisotopic (exact) mass is 371 g/mol. The smallest absolute Gasteiger partial charge is 0.387 e. The number of hydrogen-bond donors (Lipinski definition) is 1. The van der Waals surface area contributed by atoms with Gasteiger partial charge in [0.2, 0.25) is 0 Å². The van der Waals surface area contributed by atoms with Crippen molar-refractivity contribution in [2.24, 2.45) is 0 Å². The van der Waals surface area contributed by atoms with Crippen LogP contribution < -0.4 is 14.8 Å². The van der Waals surface area contributed by atoms with Crippen LogP contribution >= 0.6 is 15.9 Å². The number of alkyl halides is 2. The molecule has 0 unspecified atom stereocenters. The minimum Gasteiger partial charge on any atom is -0.493 e. The molecule has 0 saturated carbocycles. The Morgan fingerprint density at radius 1 is 1.18 bits per heavy atom. The van der Waals surface area contributed by atoms with Crippen LogP contribution in [0.1, 0.15) is 10.4 Å². The highest BCUT2D eigenvalue weighted by Crippen LogP contribution is 2.31. The molecule has 0 aliphatic carbocycles. The predicted octanol–water partition coefficient (Wildman–Crippen LogP) is 4.31. The summed E-state index contributed by atoms with van der Waals surface area (Å²) in [6, 6.07) is 11.1. The van der Waals surface area contributed by atoms with Gasteiger partial charge >= 0.3 is 6.61 Å². The third-order valence-electron chi connectivity index (χ3n) is 2.76. The average molecular weight is 372 g/mol. The van der Waals surface area contributed by atoms with Crippen LogP contribution in [-0.2, 0) is 0 Å². The first-order valence-corrected chi connectivity index (χ1v) is 6.99. The molecule has 22 heavy (non-hydrogen) atoms. The van der Waals surface area contributed by atoms with Crippen LogP contribution in [0.15, 0.2) is 46.9 Å². The molecule has 0 aliphatic rings. The third kappa shape index (κ3) is 3.94. The highest BCUT2D eigenvalue weighted by Gasteiger charge is 2.14. The first kappa shape index (κ1) is 16.2. The van der Waals surface area contributed by atoms with Crippen LogP contribution in [-0.4, -0.2) is 19.6 Å². The summed E-state index contributed by atoms with van der Waals surface area (Å²) in [7, 11) is 1.34. The van der Waals surface area contributed by atoms with Gasteiger partial charge in [0, 0.05) is 16.2 Å². The maximum Gasteiger partial charge on any atom is 0.387 e. The SMILES string of the molecule is COc1ccc(NC(=O)c2ccccc2Br)cc1OC(F)F. The van der Waals surface area contributed by atoms with Crippen molar-refractivity contribution in [1.29, 1.82) is 0 Å². The molecule has 7 heteroatoms. The van der Waals surface area contributed by atoms with Gasteiger partial charge in [-0.2, -0.15) is 8.78 Å². The molecule has 0 radical (unpaired) electrons. The molecule has 2 rings (SSSR count). The fourth-order valence-corrected chi connectivity index (χ4v) is 2.25. The summed E-state index contributed by atoms with van der Waals surface area (Å²) >= 11 is 3.28. The van der Waals surface area contributed by atoms with E-state index in [0.717, 1.165) is 0 Å². The number of ether oxygens (including phenoxy) is 2. The summed E-state index contributed by atoms with van der Waals surface area (Å²) in [5, 5.41) is 2.61. The van der Waals surface area contributed by atoms with E-state index >= 15 is 0 Å². The fraction of sp³-hybridized carbons (Fsp3) is 0.133. The molecule has 4 nitrogen and oxygen atoms in total. The molecule has 0 heterocycles. The van der Waals surface area contributed by atoms with E-state index in [-0.39, 0.29) is 17.4 Å². The van der Waals surface area contributed by atoms with Gasteiger partial charge in [0.15, 0.2) is 11.5 Å². The van der Waals surface area contributed by atoms with Gasteiger partial charge in [-0.3, -0.25) is 4.79 Å². The zero-order chi connectivity index (χ0) is 16.1. The lowest BCUT2D eigenvalue weighted by atomic mass is 10.2.